The maximum absolute atomic E-state index is 13.5. The minimum Gasteiger partial charge on any atom is -0.384 e. The summed E-state index contributed by atoms with van der Waals surface area (Å²) in [5, 5.41) is 20.0. The fourth-order valence-corrected chi connectivity index (χ4v) is 4.12. The molecule has 2 heterocycles. The Labute approximate surface area is 172 Å². The van der Waals surface area contributed by atoms with E-state index in [-0.39, 0.29) is 27.6 Å². The lowest BCUT2D eigenvalue weighted by molar-refractivity contribution is 0.630. The highest BCUT2D eigenvalue weighted by atomic mass is 35.5. The molecule has 0 saturated heterocycles. The van der Waals surface area contributed by atoms with Crippen LogP contribution in [0.3, 0.4) is 0 Å². The van der Waals surface area contributed by atoms with Gasteiger partial charge in [0.25, 0.3) is 5.56 Å². The Morgan fingerprint density at radius 3 is 2.45 bits per heavy atom. The van der Waals surface area contributed by atoms with Crippen LogP contribution in [0.25, 0.3) is 26.5 Å². The summed E-state index contributed by atoms with van der Waals surface area (Å²) >= 11 is 6.94. The second kappa shape index (κ2) is 7.02. The molecule has 0 aliphatic carbocycles. The average Bonchev–Trinajstić information content (AvgIpc) is 3.11. The van der Waals surface area contributed by atoms with Gasteiger partial charge in [-0.15, -0.1) is 0 Å². The number of nitrogen functional groups attached to an aromatic ring is 1. The van der Waals surface area contributed by atoms with Gasteiger partial charge >= 0.3 is 0 Å². The molecule has 9 heteroatoms. The summed E-state index contributed by atoms with van der Waals surface area (Å²) in [4.78, 5) is 17.4. The summed E-state index contributed by atoms with van der Waals surface area (Å²) in [7, 11) is 0. The first kappa shape index (κ1) is 18.6. The fraction of sp³-hybridized carbons (Fsp3) is 0. The molecule has 0 radical (unpaired) electrons. The lowest BCUT2D eigenvalue weighted by Gasteiger charge is -2.14. The largest absolute Gasteiger partial charge is 0.384 e. The van der Waals surface area contributed by atoms with E-state index in [1.807, 2.05) is 12.1 Å². The van der Waals surface area contributed by atoms with Crippen LogP contribution < -0.4 is 11.3 Å². The Kier molecular flexibility index (Phi) is 4.51. The van der Waals surface area contributed by atoms with Crippen molar-refractivity contribution in [3.63, 3.8) is 0 Å². The van der Waals surface area contributed by atoms with E-state index in [1.165, 1.54) is 18.2 Å². The Morgan fingerprint density at radius 1 is 1.10 bits per heavy atom. The number of hydrogen-bond acceptors (Lipinski definition) is 6. The van der Waals surface area contributed by atoms with Crippen LogP contribution in [0.5, 0.6) is 0 Å². The highest BCUT2D eigenvalue weighted by Crippen LogP contribution is 2.33. The summed E-state index contributed by atoms with van der Waals surface area (Å²) in [6.07, 6.45) is 0. The van der Waals surface area contributed by atoms with Crippen molar-refractivity contribution in [1.82, 2.24) is 9.55 Å². The van der Waals surface area contributed by atoms with Crippen molar-refractivity contribution in [1.29, 1.82) is 10.5 Å². The van der Waals surface area contributed by atoms with E-state index in [1.54, 1.807) is 24.3 Å². The molecule has 0 bridgehead atoms. The monoisotopic (exact) mass is 421 g/mol. The van der Waals surface area contributed by atoms with E-state index in [9.17, 15) is 19.7 Å². The van der Waals surface area contributed by atoms with Crippen molar-refractivity contribution in [2.45, 2.75) is 0 Å². The van der Waals surface area contributed by atoms with Crippen LogP contribution in [-0.4, -0.2) is 9.55 Å². The number of aromatic nitrogens is 2. The number of nitriles is 2. The predicted octanol–water partition coefficient (Wildman–Crippen LogP) is 4.23. The highest BCUT2D eigenvalue weighted by molar-refractivity contribution is 7.20. The molecule has 2 N–H and O–H groups in total. The number of rotatable bonds is 2. The molecular weight excluding hydrogens is 413 g/mol. The maximum Gasteiger partial charge on any atom is 0.277 e. The summed E-state index contributed by atoms with van der Waals surface area (Å²) < 4.78 is 15.0. The lowest BCUT2D eigenvalue weighted by Crippen LogP contribution is -2.26. The van der Waals surface area contributed by atoms with E-state index in [2.05, 4.69) is 4.98 Å². The number of fused-ring (bicyclic) bond motifs is 1. The number of hydrogen-bond donors (Lipinski definition) is 1. The summed E-state index contributed by atoms with van der Waals surface area (Å²) in [5.41, 5.74) is 6.24. The number of nitrogens with two attached hydrogens (primary N) is 1. The molecule has 0 unspecified atom stereocenters. The Bertz CT molecular complexity index is 1430. The number of anilines is 1. The van der Waals surface area contributed by atoms with E-state index >= 15 is 0 Å². The smallest absolute Gasteiger partial charge is 0.277 e. The molecular formula is C20H9ClFN5OS. The molecule has 4 aromatic rings. The Balaban J connectivity index is 2.07. The zero-order chi connectivity index (χ0) is 20.7. The van der Waals surface area contributed by atoms with Gasteiger partial charge in [-0.1, -0.05) is 35.1 Å². The van der Waals surface area contributed by atoms with Crippen molar-refractivity contribution in [2.24, 2.45) is 0 Å². The van der Waals surface area contributed by atoms with Gasteiger partial charge in [-0.3, -0.25) is 4.79 Å². The van der Waals surface area contributed by atoms with E-state index in [0.717, 1.165) is 15.9 Å². The minimum absolute atomic E-state index is 0.0334. The van der Waals surface area contributed by atoms with Gasteiger partial charge in [0, 0.05) is 10.6 Å². The van der Waals surface area contributed by atoms with E-state index < -0.39 is 11.4 Å². The van der Waals surface area contributed by atoms with Crippen molar-refractivity contribution in [3.05, 3.63) is 74.8 Å². The summed E-state index contributed by atoms with van der Waals surface area (Å²) in [5.74, 6) is -0.595. The molecule has 0 saturated carbocycles. The molecule has 0 atom stereocenters. The minimum atomic E-state index is -0.714. The van der Waals surface area contributed by atoms with Crippen LogP contribution in [0.15, 0.2) is 47.3 Å². The molecule has 0 amide bonds. The van der Waals surface area contributed by atoms with Gasteiger partial charge in [-0.2, -0.15) is 10.5 Å². The normalized spacial score (nSPS) is 10.6. The van der Waals surface area contributed by atoms with Gasteiger partial charge < -0.3 is 5.73 Å². The van der Waals surface area contributed by atoms with E-state index in [4.69, 9.17) is 17.3 Å². The van der Waals surface area contributed by atoms with Crippen LogP contribution in [0, 0.1) is 28.5 Å². The molecule has 0 aliphatic rings. The van der Waals surface area contributed by atoms with Crippen LogP contribution in [0.4, 0.5) is 10.2 Å². The summed E-state index contributed by atoms with van der Waals surface area (Å²) in [6, 6.07) is 14.2. The first-order valence-corrected chi connectivity index (χ1v) is 9.35. The molecule has 29 heavy (non-hydrogen) atoms. The second-order valence-electron chi connectivity index (χ2n) is 5.99. The standard InChI is InChI=1S/C20H9ClFN5OS/c21-11-3-1-10(2-4-11)17-13(8-23)18(25)27(19(28)14(17)9-24)20-26-15-6-5-12(22)7-16(15)29-20/h1-7H,25H2. The predicted molar refractivity (Wildman–Crippen MR) is 109 cm³/mol. The van der Waals surface area contributed by atoms with Crippen LogP contribution >= 0.6 is 22.9 Å². The van der Waals surface area contributed by atoms with Gasteiger partial charge in [-0.25, -0.2) is 13.9 Å². The Morgan fingerprint density at radius 2 is 1.79 bits per heavy atom. The van der Waals surface area contributed by atoms with Gasteiger partial charge in [-0.05, 0) is 35.9 Å². The van der Waals surface area contributed by atoms with Gasteiger partial charge in [0.15, 0.2) is 5.13 Å². The number of benzene rings is 2. The van der Waals surface area contributed by atoms with Gasteiger partial charge in [0.1, 0.15) is 34.9 Å². The average molecular weight is 422 g/mol. The SMILES string of the molecule is N#Cc1c(-c2ccc(Cl)cc2)c(C#N)c(=O)n(-c2nc3ccc(F)cc3s2)c1N. The quantitative estimate of drug-likeness (QED) is 0.521. The maximum atomic E-state index is 13.5. The van der Waals surface area contributed by atoms with Crippen molar-refractivity contribution >= 4 is 39.0 Å². The lowest BCUT2D eigenvalue weighted by atomic mass is 9.96. The van der Waals surface area contributed by atoms with Crippen molar-refractivity contribution in [2.75, 3.05) is 5.73 Å². The van der Waals surface area contributed by atoms with Gasteiger partial charge in [0.05, 0.1) is 10.2 Å². The molecule has 0 spiro atoms. The number of halogens is 2. The fourth-order valence-electron chi connectivity index (χ4n) is 2.99. The van der Waals surface area contributed by atoms with Gasteiger partial charge in [0.2, 0.25) is 0 Å². The molecule has 4 rings (SSSR count). The highest BCUT2D eigenvalue weighted by Gasteiger charge is 2.24. The third kappa shape index (κ3) is 3.01. The summed E-state index contributed by atoms with van der Waals surface area (Å²) in [6.45, 7) is 0. The first-order valence-electron chi connectivity index (χ1n) is 8.15. The molecule has 140 valence electrons. The molecule has 0 fully saturated rings. The Hall–Kier alpha value is -3.72. The third-order valence-electron chi connectivity index (χ3n) is 4.30. The molecule has 6 nitrogen and oxygen atoms in total. The molecule has 2 aromatic heterocycles. The third-order valence-corrected chi connectivity index (χ3v) is 5.56. The number of thiazole rings is 1. The zero-order valence-electron chi connectivity index (χ0n) is 14.5. The van der Waals surface area contributed by atoms with Crippen molar-refractivity contribution in [3.8, 4) is 28.4 Å². The topological polar surface area (TPSA) is 108 Å². The molecule has 0 aliphatic heterocycles. The molecule has 2 aromatic carbocycles. The van der Waals surface area contributed by atoms with Crippen molar-refractivity contribution < 1.29 is 4.39 Å². The van der Waals surface area contributed by atoms with E-state index in [0.29, 0.717) is 20.8 Å². The second-order valence-corrected chi connectivity index (χ2v) is 7.44. The van der Waals surface area contributed by atoms with Crippen LogP contribution in [0.2, 0.25) is 5.02 Å². The number of pyridine rings is 1. The van der Waals surface area contributed by atoms with Crippen LogP contribution in [-0.2, 0) is 0 Å². The number of nitrogens with zero attached hydrogens (tertiary/aromatic N) is 4. The first-order chi connectivity index (χ1) is 13.9. The zero-order valence-corrected chi connectivity index (χ0v) is 16.1. The van der Waals surface area contributed by atoms with Crippen LogP contribution in [0.1, 0.15) is 11.1 Å².